The number of carbonyl (C=O) groups excluding carboxylic acids is 2. The second-order valence-electron chi connectivity index (χ2n) is 3.37. The molecule has 82 valence electrons. The normalized spacial score (nSPS) is 14.3. The summed E-state index contributed by atoms with van der Waals surface area (Å²) in [5.74, 6) is -1.10. The number of nitrogens with one attached hydrogen (secondary N) is 1. The molecular weight excluding hydrogens is 182 g/mol. The van der Waals surface area contributed by atoms with E-state index in [0.29, 0.717) is 5.92 Å². The Morgan fingerprint density at radius 1 is 1.29 bits per heavy atom. The van der Waals surface area contributed by atoms with Crippen molar-refractivity contribution in [1.29, 1.82) is 0 Å². The van der Waals surface area contributed by atoms with Gasteiger partial charge in [0.15, 0.2) is 0 Å². The van der Waals surface area contributed by atoms with Gasteiger partial charge in [-0.2, -0.15) is 0 Å². The van der Waals surface area contributed by atoms with E-state index in [1.165, 1.54) is 0 Å². The average Bonchev–Trinajstić information content (AvgIpc) is 2.16. The number of esters is 1. The van der Waals surface area contributed by atoms with Crippen LogP contribution in [-0.4, -0.2) is 24.5 Å². The van der Waals surface area contributed by atoms with E-state index in [1.54, 1.807) is 6.92 Å². The quantitative estimate of drug-likeness (QED) is 0.547. The Balaban J connectivity index is 3.99. The lowest BCUT2D eigenvalue weighted by atomic mass is 10.0. The Hall–Kier alpha value is -1.06. The first-order valence-electron chi connectivity index (χ1n) is 5.00. The minimum absolute atomic E-state index is 0.00286. The molecule has 0 bridgehead atoms. The summed E-state index contributed by atoms with van der Waals surface area (Å²) in [6, 6.07) is -0.00286. The van der Waals surface area contributed by atoms with Crippen LogP contribution in [0.2, 0.25) is 0 Å². The van der Waals surface area contributed by atoms with Crippen LogP contribution in [0.4, 0.5) is 0 Å². The van der Waals surface area contributed by atoms with Crippen molar-refractivity contribution in [3.63, 3.8) is 0 Å². The third kappa shape index (κ3) is 4.25. The van der Waals surface area contributed by atoms with E-state index < -0.39 is 11.9 Å². The van der Waals surface area contributed by atoms with Gasteiger partial charge in [0, 0.05) is 6.04 Å². The molecule has 4 nitrogen and oxygen atoms in total. The predicted octanol–water partition coefficient (Wildman–Crippen LogP) is 1.10. The molecule has 0 aromatic rings. The summed E-state index contributed by atoms with van der Waals surface area (Å²) in [6.45, 7) is 7.84. The third-order valence-corrected chi connectivity index (χ3v) is 2.32. The molecule has 0 aliphatic heterocycles. The van der Waals surface area contributed by atoms with Gasteiger partial charge in [-0.15, -0.1) is 0 Å². The van der Waals surface area contributed by atoms with Crippen LogP contribution in [0.3, 0.4) is 0 Å². The highest BCUT2D eigenvalue weighted by molar-refractivity contribution is 6.32. The standard InChI is InChI=1S/C10H19NO3/c1-5-7(3)8(4)11-9(12)10(13)14-6-2/h7-8H,5-6H2,1-4H3,(H,11,12). The second kappa shape index (κ2) is 6.40. The van der Waals surface area contributed by atoms with Crippen molar-refractivity contribution in [3.05, 3.63) is 0 Å². The molecule has 0 aromatic heterocycles. The van der Waals surface area contributed by atoms with Crippen LogP contribution in [-0.2, 0) is 14.3 Å². The first kappa shape index (κ1) is 12.9. The fourth-order valence-electron chi connectivity index (χ4n) is 0.958. The fraction of sp³-hybridized carbons (Fsp3) is 0.800. The molecule has 0 aliphatic carbocycles. The summed E-state index contributed by atoms with van der Waals surface area (Å²) >= 11 is 0. The predicted molar refractivity (Wildman–Crippen MR) is 53.7 cm³/mol. The van der Waals surface area contributed by atoms with Crippen molar-refractivity contribution >= 4 is 11.9 Å². The molecule has 0 aromatic carbocycles. The first-order valence-corrected chi connectivity index (χ1v) is 5.00. The van der Waals surface area contributed by atoms with Gasteiger partial charge in [0.25, 0.3) is 0 Å². The van der Waals surface area contributed by atoms with Gasteiger partial charge in [-0.1, -0.05) is 20.3 Å². The second-order valence-corrected chi connectivity index (χ2v) is 3.37. The topological polar surface area (TPSA) is 55.4 Å². The van der Waals surface area contributed by atoms with Crippen LogP contribution < -0.4 is 5.32 Å². The maximum absolute atomic E-state index is 11.2. The number of hydrogen-bond acceptors (Lipinski definition) is 3. The van der Waals surface area contributed by atoms with Crippen molar-refractivity contribution in [2.45, 2.75) is 40.2 Å². The largest absolute Gasteiger partial charge is 0.459 e. The van der Waals surface area contributed by atoms with Crippen LogP contribution in [0.25, 0.3) is 0 Å². The van der Waals surface area contributed by atoms with E-state index >= 15 is 0 Å². The molecule has 0 fully saturated rings. The zero-order chi connectivity index (χ0) is 11.1. The monoisotopic (exact) mass is 201 g/mol. The van der Waals surface area contributed by atoms with Crippen molar-refractivity contribution in [1.82, 2.24) is 5.32 Å². The lowest BCUT2D eigenvalue weighted by Gasteiger charge is -2.18. The molecule has 1 N–H and O–H groups in total. The first-order chi connectivity index (χ1) is 6.52. The highest BCUT2D eigenvalue weighted by Crippen LogP contribution is 2.06. The minimum Gasteiger partial charge on any atom is -0.459 e. The maximum Gasteiger partial charge on any atom is 0.396 e. The van der Waals surface area contributed by atoms with Crippen LogP contribution in [0.1, 0.15) is 34.1 Å². The van der Waals surface area contributed by atoms with Crippen molar-refractivity contribution < 1.29 is 14.3 Å². The van der Waals surface area contributed by atoms with E-state index in [0.717, 1.165) is 6.42 Å². The van der Waals surface area contributed by atoms with E-state index in [9.17, 15) is 9.59 Å². The van der Waals surface area contributed by atoms with E-state index in [4.69, 9.17) is 0 Å². The number of carbonyl (C=O) groups is 2. The van der Waals surface area contributed by atoms with Crippen molar-refractivity contribution in [2.24, 2.45) is 5.92 Å². The molecule has 0 heterocycles. The lowest BCUT2D eigenvalue weighted by molar-refractivity contribution is -0.155. The van der Waals surface area contributed by atoms with Gasteiger partial charge in [0.05, 0.1) is 6.61 Å². The molecular formula is C10H19NO3. The molecule has 0 rings (SSSR count). The van der Waals surface area contributed by atoms with Gasteiger partial charge in [-0.05, 0) is 19.8 Å². The molecule has 2 unspecified atom stereocenters. The zero-order valence-corrected chi connectivity index (χ0v) is 9.29. The summed E-state index contributed by atoms with van der Waals surface area (Å²) in [6.07, 6.45) is 0.963. The van der Waals surface area contributed by atoms with Gasteiger partial charge in [-0.3, -0.25) is 4.79 Å². The number of ether oxygens (including phenoxy) is 1. The highest BCUT2D eigenvalue weighted by Gasteiger charge is 2.19. The Kier molecular flexibility index (Phi) is 5.92. The summed E-state index contributed by atoms with van der Waals surface area (Å²) in [4.78, 5) is 22.1. The molecule has 14 heavy (non-hydrogen) atoms. The van der Waals surface area contributed by atoms with Gasteiger partial charge in [0.1, 0.15) is 0 Å². The summed E-state index contributed by atoms with van der Waals surface area (Å²) in [5, 5.41) is 2.60. The maximum atomic E-state index is 11.2. The Bertz CT molecular complexity index is 204. The fourth-order valence-corrected chi connectivity index (χ4v) is 0.958. The Labute approximate surface area is 85.0 Å². The van der Waals surface area contributed by atoms with Gasteiger partial charge >= 0.3 is 11.9 Å². The van der Waals surface area contributed by atoms with Gasteiger partial charge in [0.2, 0.25) is 0 Å². The SMILES string of the molecule is CCOC(=O)C(=O)NC(C)C(C)CC. The number of amides is 1. The number of hydrogen-bond donors (Lipinski definition) is 1. The van der Waals surface area contributed by atoms with Crippen LogP contribution in [0.5, 0.6) is 0 Å². The van der Waals surface area contributed by atoms with Gasteiger partial charge < -0.3 is 10.1 Å². The van der Waals surface area contributed by atoms with Crippen LogP contribution >= 0.6 is 0 Å². The van der Waals surface area contributed by atoms with E-state index in [2.05, 4.69) is 10.1 Å². The minimum atomic E-state index is -0.803. The zero-order valence-electron chi connectivity index (χ0n) is 9.29. The van der Waals surface area contributed by atoms with Crippen molar-refractivity contribution in [3.8, 4) is 0 Å². The van der Waals surface area contributed by atoms with Crippen molar-refractivity contribution in [2.75, 3.05) is 6.61 Å². The highest BCUT2D eigenvalue weighted by atomic mass is 16.5. The molecule has 0 saturated carbocycles. The molecule has 0 saturated heterocycles. The summed E-state index contributed by atoms with van der Waals surface area (Å²) in [7, 11) is 0. The molecule has 0 radical (unpaired) electrons. The Morgan fingerprint density at radius 2 is 1.86 bits per heavy atom. The Morgan fingerprint density at radius 3 is 2.29 bits per heavy atom. The van der Waals surface area contributed by atoms with E-state index in [-0.39, 0.29) is 12.6 Å². The van der Waals surface area contributed by atoms with Crippen LogP contribution in [0, 0.1) is 5.92 Å². The third-order valence-electron chi connectivity index (χ3n) is 2.32. The molecule has 1 amide bonds. The smallest absolute Gasteiger partial charge is 0.396 e. The summed E-state index contributed by atoms with van der Waals surface area (Å²) < 4.78 is 4.57. The van der Waals surface area contributed by atoms with Crippen LogP contribution in [0.15, 0.2) is 0 Å². The molecule has 0 aliphatic rings. The lowest BCUT2D eigenvalue weighted by Crippen LogP contribution is -2.41. The average molecular weight is 201 g/mol. The van der Waals surface area contributed by atoms with E-state index in [1.807, 2.05) is 20.8 Å². The molecule has 4 heteroatoms. The number of rotatable bonds is 4. The summed E-state index contributed by atoms with van der Waals surface area (Å²) in [5.41, 5.74) is 0. The molecule has 2 atom stereocenters. The van der Waals surface area contributed by atoms with Gasteiger partial charge in [-0.25, -0.2) is 4.79 Å². The molecule has 0 spiro atoms.